The van der Waals surface area contributed by atoms with E-state index >= 15 is 0 Å². The molecule has 3 aromatic heterocycles. The van der Waals surface area contributed by atoms with Gasteiger partial charge >= 0.3 is 12.4 Å². The van der Waals surface area contributed by atoms with E-state index in [1.54, 1.807) is 33.5 Å². The van der Waals surface area contributed by atoms with Crippen LogP contribution in [0.2, 0.25) is 0 Å². The standard InChI is InChI=1S/C25H32F3N5.C7H14.C2H3F3.3C2H6/c1-6-8-11-19(10-7-2)13-15-31(5)17-21-22(25(26,27)28)30-24-32(16-18(3)4)23-20(33(21)24)12-9-14-29-23;1-6(2)5-7(3)4;1-2(3,4)5;3*1-2/h8-12,14,16H,6-7,13,15,17H2,1-5H3;5-6H,1-4H3;1H3;3*1-2H3/b11-8-,19-10+;;;;;. The molecule has 0 saturated carbocycles. The van der Waals surface area contributed by atoms with Crippen molar-refractivity contribution in [3.63, 3.8) is 0 Å². The minimum absolute atomic E-state index is 0.121. The summed E-state index contributed by atoms with van der Waals surface area (Å²) in [6, 6.07) is 3.52. The van der Waals surface area contributed by atoms with Gasteiger partial charge in [-0.05, 0) is 72.1 Å². The Balaban J connectivity index is -0.00000107. The predicted molar refractivity (Wildman–Crippen MR) is 208 cm³/mol. The highest BCUT2D eigenvalue weighted by atomic mass is 19.4. The van der Waals surface area contributed by atoms with Gasteiger partial charge in [-0.2, -0.15) is 26.3 Å². The topological polar surface area (TPSA) is 38.4 Å². The normalized spacial score (nSPS) is 11.3. The van der Waals surface area contributed by atoms with Crippen molar-refractivity contribution in [1.82, 2.24) is 23.8 Å². The number of imidazole rings is 2. The fourth-order valence-electron chi connectivity index (χ4n) is 4.56. The number of hydrogen-bond donors (Lipinski definition) is 0. The fraction of sp³-hybridized carbons (Fsp3) is 0.600. The summed E-state index contributed by atoms with van der Waals surface area (Å²) >= 11 is 0. The molecule has 0 aromatic carbocycles. The number of alkyl halides is 6. The second-order valence-corrected chi connectivity index (χ2v) is 11.7. The van der Waals surface area contributed by atoms with Crippen molar-refractivity contribution >= 4 is 23.1 Å². The van der Waals surface area contributed by atoms with Gasteiger partial charge in [0.05, 0.1) is 11.2 Å². The lowest BCUT2D eigenvalue weighted by Crippen LogP contribution is -2.22. The second-order valence-electron chi connectivity index (χ2n) is 11.7. The average molecular weight is 732 g/mol. The quantitative estimate of drug-likeness (QED) is 0.118. The summed E-state index contributed by atoms with van der Waals surface area (Å²) in [5.74, 6) is 0.933. The molecule has 11 heteroatoms. The first-order valence-electron chi connectivity index (χ1n) is 18.1. The van der Waals surface area contributed by atoms with Gasteiger partial charge in [0.2, 0.25) is 5.78 Å². The molecular weight excluding hydrogens is 664 g/mol. The monoisotopic (exact) mass is 732 g/mol. The minimum atomic E-state index is -4.55. The molecule has 51 heavy (non-hydrogen) atoms. The smallest absolute Gasteiger partial charge is 0.300 e. The molecule has 0 spiro atoms. The van der Waals surface area contributed by atoms with E-state index in [4.69, 9.17) is 0 Å². The highest BCUT2D eigenvalue weighted by Gasteiger charge is 2.39. The van der Waals surface area contributed by atoms with Gasteiger partial charge in [0.1, 0.15) is 0 Å². The van der Waals surface area contributed by atoms with Crippen LogP contribution in [0, 0.1) is 5.92 Å². The third kappa shape index (κ3) is 21.6. The molecule has 0 aliphatic rings. The molecular formula is C40H67F6N5. The van der Waals surface area contributed by atoms with Gasteiger partial charge in [-0.1, -0.05) is 110 Å². The largest absolute Gasteiger partial charge is 0.435 e. The van der Waals surface area contributed by atoms with Gasteiger partial charge < -0.3 is 4.90 Å². The minimum Gasteiger partial charge on any atom is -0.300 e. The summed E-state index contributed by atoms with van der Waals surface area (Å²) in [5, 5.41) is 0. The number of fused-ring (bicyclic) bond motifs is 3. The van der Waals surface area contributed by atoms with Crippen LogP contribution >= 0.6 is 0 Å². The van der Waals surface area contributed by atoms with Crippen molar-refractivity contribution in [2.75, 3.05) is 13.6 Å². The van der Waals surface area contributed by atoms with E-state index in [-0.39, 0.29) is 24.9 Å². The first kappa shape index (κ1) is 52.0. The van der Waals surface area contributed by atoms with Crippen molar-refractivity contribution in [3.05, 3.63) is 70.7 Å². The van der Waals surface area contributed by atoms with Crippen molar-refractivity contribution in [2.45, 2.75) is 142 Å². The number of nitrogens with zero attached hydrogens (tertiary/aromatic N) is 5. The zero-order valence-electron chi connectivity index (χ0n) is 34.2. The van der Waals surface area contributed by atoms with Crippen LogP contribution in [0.25, 0.3) is 23.1 Å². The van der Waals surface area contributed by atoms with Crippen molar-refractivity contribution in [2.24, 2.45) is 5.92 Å². The highest BCUT2D eigenvalue weighted by Crippen LogP contribution is 2.35. The molecule has 3 aromatic rings. The van der Waals surface area contributed by atoms with E-state index in [0.29, 0.717) is 23.6 Å². The molecule has 0 fully saturated rings. The lowest BCUT2D eigenvalue weighted by molar-refractivity contribution is -0.141. The summed E-state index contributed by atoms with van der Waals surface area (Å²) in [4.78, 5) is 10.4. The van der Waals surface area contributed by atoms with E-state index in [1.165, 1.54) is 11.1 Å². The highest BCUT2D eigenvalue weighted by molar-refractivity contribution is 5.80. The first-order chi connectivity index (χ1) is 23.8. The summed E-state index contributed by atoms with van der Waals surface area (Å²) in [5.41, 5.74) is 4.02. The molecule has 0 unspecified atom stereocenters. The van der Waals surface area contributed by atoms with E-state index in [2.05, 4.69) is 75.8 Å². The van der Waals surface area contributed by atoms with E-state index in [0.717, 1.165) is 24.8 Å². The van der Waals surface area contributed by atoms with Crippen molar-refractivity contribution < 1.29 is 26.3 Å². The van der Waals surface area contributed by atoms with Crippen molar-refractivity contribution in [1.29, 1.82) is 0 Å². The Kier molecular flexibility index (Phi) is 27.9. The molecule has 0 saturated heterocycles. The van der Waals surface area contributed by atoms with Gasteiger partial charge in [0.15, 0.2) is 11.3 Å². The second kappa shape index (κ2) is 27.3. The number of allylic oxidation sites excluding steroid dienone is 6. The zero-order valence-corrected chi connectivity index (χ0v) is 34.2. The third-order valence-electron chi connectivity index (χ3n) is 5.96. The molecule has 0 aliphatic carbocycles. The molecule has 0 radical (unpaired) electrons. The molecule has 3 heterocycles. The Morgan fingerprint density at radius 2 is 1.45 bits per heavy atom. The maximum Gasteiger partial charge on any atom is 0.435 e. The molecule has 294 valence electrons. The first-order valence-corrected chi connectivity index (χ1v) is 18.1. The Morgan fingerprint density at radius 1 is 0.902 bits per heavy atom. The number of rotatable bonds is 10. The average Bonchev–Trinajstić information content (AvgIpc) is 3.56. The maximum absolute atomic E-state index is 14.0. The molecule has 0 bridgehead atoms. The van der Waals surface area contributed by atoms with Crippen LogP contribution < -0.4 is 0 Å². The summed E-state index contributed by atoms with van der Waals surface area (Å²) < 4.78 is 76.3. The molecule has 0 atom stereocenters. The van der Waals surface area contributed by atoms with Crippen LogP contribution in [0.3, 0.4) is 0 Å². The molecule has 0 aliphatic heterocycles. The van der Waals surface area contributed by atoms with Crippen LogP contribution in [0.1, 0.15) is 135 Å². The molecule has 3 rings (SSSR count). The molecule has 0 N–H and O–H groups in total. The van der Waals surface area contributed by atoms with Crippen LogP contribution in [-0.4, -0.2) is 43.6 Å². The van der Waals surface area contributed by atoms with Gasteiger partial charge in [-0.25, -0.2) is 9.97 Å². The number of aromatic nitrogens is 4. The molecule has 0 amide bonds. The van der Waals surface area contributed by atoms with E-state index < -0.39 is 18.0 Å². The lowest BCUT2D eigenvalue weighted by Gasteiger charge is -2.18. The Hall–Kier alpha value is -3.34. The number of hydrogen-bond acceptors (Lipinski definition) is 3. The van der Waals surface area contributed by atoms with Crippen LogP contribution in [0.15, 0.2) is 59.4 Å². The van der Waals surface area contributed by atoms with Gasteiger partial charge in [-0.3, -0.25) is 8.97 Å². The lowest BCUT2D eigenvalue weighted by atomic mass is 10.1. The number of halogens is 6. The summed E-state index contributed by atoms with van der Waals surface area (Å²) in [7, 11) is 1.85. The summed E-state index contributed by atoms with van der Waals surface area (Å²) in [6.45, 7) is 29.5. The fourth-order valence-corrected chi connectivity index (χ4v) is 4.56. The Labute approximate surface area is 305 Å². The van der Waals surface area contributed by atoms with Gasteiger partial charge in [0, 0.05) is 32.4 Å². The van der Waals surface area contributed by atoms with Crippen LogP contribution in [0.5, 0.6) is 0 Å². The van der Waals surface area contributed by atoms with Crippen LogP contribution in [-0.2, 0) is 12.7 Å². The van der Waals surface area contributed by atoms with Gasteiger partial charge in [-0.15, -0.1) is 0 Å². The SMILES string of the molecule is CC.CC.CC.CC(C)=CC(C)C.CC(F)(F)F.CC/C=C\C(=C/CC)CCN(C)Cc1c(C(F)(F)F)nc2n(C=C(C)C)c3ncccc3n12. The zero-order chi connectivity index (χ0) is 40.5. The van der Waals surface area contributed by atoms with Crippen LogP contribution in [0.4, 0.5) is 26.3 Å². The predicted octanol–water partition coefficient (Wildman–Crippen LogP) is 14.0. The Morgan fingerprint density at radius 3 is 1.86 bits per heavy atom. The van der Waals surface area contributed by atoms with Gasteiger partial charge in [0.25, 0.3) is 0 Å². The van der Waals surface area contributed by atoms with Crippen molar-refractivity contribution in [3.8, 4) is 0 Å². The number of pyridine rings is 1. The third-order valence-corrected chi connectivity index (χ3v) is 5.96. The Bertz CT molecular complexity index is 1450. The summed E-state index contributed by atoms with van der Waals surface area (Å²) in [6.07, 6.45) is 6.12. The van der Waals surface area contributed by atoms with E-state index in [1.807, 2.05) is 67.3 Å². The maximum atomic E-state index is 14.0. The van der Waals surface area contributed by atoms with E-state index in [9.17, 15) is 26.3 Å². The molecule has 5 nitrogen and oxygen atoms in total.